The Bertz CT molecular complexity index is 476. The zero-order chi connectivity index (χ0) is 12.4. The summed E-state index contributed by atoms with van der Waals surface area (Å²) >= 11 is 0. The minimum atomic E-state index is -4.04. The summed E-state index contributed by atoms with van der Waals surface area (Å²) in [5.74, 6) is 0. The normalized spacial score (nSPS) is 13.2. The van der Waals surface area contributed by atoms with Crippen LogP contribution in [0.3, 0.4) is 0 Å². The largest absolute Gasteiger partial charge is 0.287 e. The zero-order valence-corrected chi connectivity index (χ0v) is 10.5. The maximum absolute atomic E-state index is 10.5. The van der Waals surface area contributed by atoms with Gasteiger partial charge in [-0.1, -0.05) is 45.0 Å². The Hall–Kier alpha value is -1.13. The Kier molecular flexibility index (Phi) is 3.55. The monoisotopic (exact) mass is 240 g/mol. The van der Waals surface area contributed by atoms with E-state index in [4.69, 9.17) is 4.55 Å². The lowest BCUT2D eigenvalue weighted by atomic mass is 9.87. The van der Waals surface area contributed by atoms with E-state index in [2.05, 4.69) is 20.8 Å². The van der Waals surface area contributed by atoms with Crippen molar-refractivity contribution in [3.8, 4) is 0 Å². The predicted molar refractivity (Wildman–Crippen MR) is 65.7 cm³/mol. The highest BCUT2D eigenvalue weighted by Gasteiger charge is 2.12. The fourth-order valence-electron chi connectivity index (χ4n) is 1.26. The molecule has 1 rings (SSSR count). The van der Waals surface area contributed by atoms with Crippen LogP contribution in [0.1, 0.15) is 31.9 Å². The first-order valence-electron chi connectivity index (χ1n) is 4.94. The third kappa shape index (κ3) is 4.16. The first-order valence-corrected chi connectivity index (χ1v) is 6.45. The summed E-state index contributed by atoms with van der Waals surface area (Å²) in [6.07, 6.45) is 1.36. The molecule has 1 aromatic rings. The SMILES string of the molecule is CC(C)(C)c1ccc(C=CS(=O)(=O)O)cc1. The summed E-state index contributed by atoms with van der Waals surface area (Å²) < 4.78 is 29.5. The van der Waals surface area contributed by atoms with Crippen LogP contribution in [0.15, 0.2) is 29.7 Å². The fourth-order valence-corrected chi connectivity index (χ4v) is 1.59. The van der Waals surface area contributed by atoms with Gasteiger partial charge in [0.05, 0.1) is 5.41 Å². The Morgan fingerprint density at radius 2 is 1.62 bits per heavy atom. The molecule has 0 fully saturated rings. The van der Waals surface area contributed by atoms with Gasteiger partial charge in [-0.3, -0.25) is 4.55 Å². The molecule has 1 aromatic carbocycles. The Balaban J connectivity index is 2.93. The maximum atomic E-state index is 10.5. The van der Waals surface area contributed by atoms with Crippen molar-refractivity contribution in [2.45, 2.75) is 26.2 Å². The predicted octanol–water partition coefficient (Wildman–Crippen LogP) is 2.84. The van der Waals surface area contributed by atoms with Gasteiger partial charge in [0.2, 0.25) is 0 Å². The maximum Gasteiger partial charge on any atom is 0.287 e. The quantitative estimate of drug-likeness (QED) is 0.809. The molecule has 0 aliphatic heterocycles. The standard InChI is InChI=1S/C12H16O3S/c1-12(2,3)11-6-4-10(5-7-11)8-9-16(13,14)15/h4-9H,1-3H3,(H,13,14,15). The van der Waals surface area contributed by atoms with E-state index in [1.54, 1.807) is 0 Å². The first-order chi connectivity index (χ1) is 7.18. The van der Waals surface area contributed by atoms with Crippen molar-refractivity contribution in [3.63, 3.8) is 0 Å². The third-order valence-electron chi connectivity index (χ3n) is 2.21. The number of rotatable bonds is 2. The molecule has 1 N–H and O–H groups in total. The van der Waals surface area contributed by atoms with Gasteiger partial charge < -0.3 is 0 Å². The highest BCUT2D eigenvalue weighted by atomic mass is 32.2. The van der Waals surface area contributed by atoms with Crippen molar-refractivity contribution < 1.29 is 13.0 Å². The zero-order valence-electron chi connectivity index (χ0n) is 9.64. The molecule has 0 saturated heterocycles. The highest BCUT2D eigenvalue weighted by molar-refractivity contribution is 7.88. The van der Waals surface area contributed by atoms with Crippen molar-refractivity contribution in [1.29, 1.82) is 0 Å². The van der Waals surface area contributed by atoms with Gasteiger partial charge in [0.1, 0.15) is 0 Å². The summed E-state index contributed by atoms with van der Waals surface area (Å²) in [7, 11) is -4.04. The smallest absolute Gasteiger partial charge is 0.282 e. The topological polar surface area (TPSA) is 54.4 Å². The van der Waals surface area contributed by atoms with E-state index >= 15 is 0 Å². The summed E-state index contributed by atoms with van der Waals surface area (Å²) in [6.45, 7) is 6.32. The fraction of sp³-hybridized carbons (Fsp3) is 0.333. The van der Waals surface area contributed by atoms with Crippen molar-refractivity contribution in [2.75, 3.05) is 0 Å². The molecule has 0 heterocycles. The summed E-state index contributed by atoms with van der Waals surface area (Å²) in [6, 6.07) is 7.54. The molecule has 0 amide bonds. The van der Waals surface area contributed by atoms with Crippen LogP contribution < -0.4 is 0 Å². The molecule has 0 saturated carbocycles. The van der Waals surface area contributed by atoms with E-state index < -0.39 is 10.1 Å². The van der Waals surface area contributed by atoms with Crippen LogP contribution in [0.25, 0.3) is 6.08 Å². The van der Waals surface area contributed by atoms with Gasteiger partial charge in [-0.2, -0.15) is 8.42 Å². The second kappa shape index (κ2) is 4.39. The molecular weight excluding hydrogens is 224 g/mol. The third-order valence-corrected chi connectivity index (χ3v) is 2.69. The van der Waals surface area contributed by atoms with Crippen LogP contribution in [0.2, 0.25) is 0 Å². The lowest BCUT2D eigenvalue weighted by Crippen LogP contribution is -2.10. The van der Waals surface area contributed by atoms with E-state index in [1.165, 1.54) is 11.6 Å². The molecule has 0 radical (unpaired) electrons. The molecule has 0 atom stereocenters. The number of benzene rings is 1. The van der Waals surface area contributed by atoms with E-state index in [0.717, 1.165) is 11.0 Å². The summed E-state index contributed by atoms with van der Waals surface area (Å²) in [4.78, 5) is 0. The van der Waals surface area contributed by atoms with Crippen molar-refractivity contribution >= 4 is 16.2 Å². The van der Waals surface area contributed by atoms with Gasteiger partial charge in [0, 0.05) is 0 Å². The molecule has 0 aliphatic carbocycles. The molecule has 0 aliphatic rings. The summed E-state index contributed by atoms with van der Waals surface area (Å²) in [5, 5.41) is 0.777. The number of hydrogen-bond donors (Lipinski definition) is 1. The average molecular weight is 240 g/mol. The lowest BCUT2D eigenvalue weighted by molar-refractivity contribution is 0.494. The Morgan fingerprint density at radius 1 is 1.12 bits per heavy atom. The Labute approximate surface area is 96.6 Å². The Morgan fingerprint density at radius 3 is 2.00 bits per heavy atom. The van der Waals surface area contributed by atoms with E-state index in [0.29, 0.717) is 0 Å². The molecule has 3 nitrogen and oxygen atoms in total. The van der Waals surface area contributed by atoms with Crippen LogP contribution in [0.5, 0.6) is 0 Å². The van der Waals surface area contributed by atoms with Crippen LogP contribution in [0.4, 0.5) is 0 Å². The van der Waals surface area contributed by atoms with Gasteiger partial charge in [0.15, 0.2) is 0 Å². The second-order valence-corrected chi connectivity index (χ2v) is 5.99. The van der Waals surface area contributed by atoms with E-state index in [1.807, 2.05) is 24.3 Å². The molecule has 88 valence electrons. The minimum absolute atomic E-state index is 0.0747. The molecule has 0 spiro atoms. The van der Waals surface area contributed by atoms with Gasteiger partial charge in [0.25, 0.3) is 10.1 Å². The van der Waals surface area contributed by atoms with Crippen molar-refractivity contribution in [2.24, 2.45) is 0 Å². The molecular formula is C12H16O3S. The van der Waals surface area contributed by atoms with Crippen molar-refractivity contribution in [1.82, 2.24) is 0 Å². The molecule has 0 aromatic heterocycles. The minimum Gasteiger partial charge on any atom is -0.282 e. The van der Waals surface area contributed by atoms with Crippen LogP contribution >= 0.6 is 0 Å². The molecule has 0 bridgehead atoms. The molecule has 4 heteroatoms. The van der Waals surface area contributed by atoms with Gasteiger partial charge in [-0.25, -0.2) is 0 Å². The molecule has 0 unspecified atom stereocenters. The van der Waals surface area contributed by atoms with Crippen LogP contribution in [0, 0.1) is 0 Å². The highest BCUT2D eigenvalue weighted by Crippen LogP contribution is 2.22. The summed E-state index contributed by atoms with van der Waals surface area (Å²) in [5.41, 5.74) is 1.99. The lowest BCUT2D eigenvalue weighted by Gasteiger charge is -2.18. The van der Waals surface area contributed by atoms with E-state index in [9.17, 15) is 8.42 Å². The first kappa shape index (κ1) is 12.9. The van der Waals surface area contributed by atoms with Crippen LogP contribution in [-0.4, -0.2) is 13.0 Å². The van der Waals surface area contributed by atoms with Gasteiger partial charge in [-0.15, -0.1) is 0 Å². The second-order valence-electron chi connectivity index (χ2n) is 4.69. The van der Waals surface area contributed by atoms with Gasteiger partial charge in [-0.05, 0) is 22.6 Å². The molecule has 16 heavy (non-hydrogen) atoms. The van der Waals surface area contributed by atoms with Crippen LogP contribution in [-0.2, 0) is 15.5 Å². The average Bonchev–Trinajstić information content (AvgIpc) is 2.13. The number of hydrogen-bond acceptors (Lipinski definition) is 2. The van der Waals surface area contributed by atoms with Gasteiger partial charge >= 0.3 is 0 Å². The van der Waals surface area contributed by atoms with E-state index in [-0.39, 0.29) is 5.41 Å². The van der Waals surface area contributed by atoms with Crippen molar-refractivity contribution in [3.05, 3.63) is 40.8 Å².